The van der Waals surface area contributed by atoms with E-state index >= 15 is 0 Å². The van der Waals surface area contributed by atoms with Gasteiger partial charge < -0.3 is 4.98 Å². The number of pyridine rings is 2. The Morgan fingerprint density at radius 2 is 1.96 bits per heavy atom. The molecule has 1 saturated heterocycles. The smallest absolute Gasteiger partial charge is 0.141 e. The maximum atomic E-state index is 9.14. The van der Waals surface area contributed by atoms with Crippen molar-refractivity contribution in [1.82, 2.24) is 19.9 Å². The third-order valence-corrected chi connectivity index (χ3v) is 6.27. The molecule has 5 heterocycles. The lowest BCUT2D eigenvalue weighted by molar-refractivity contribution is 0.221. The number of nitrogens with one attached hydrogen (secondary N) is 1. The van der Waals surface area contributed by atoms with Crippen LogP contribution in [0.25, 0.3) is 32.4 Å². The topological polar surface area (TPSA) is 68.6 Å². The van der Waals surface area contributed by atoms with Gasteiger partial charge in [0.15, 0.2) is 0 Å². The van der Waals surface area contributed by atoms with Crippen LogP contribution in [-0.4, -0.2) is 32.9 Å². The number of aromatic nitrogens is 3. The average Bonchev–Trinajstić information content (AvgIpc) is 3.32. The summed E-state index contributed by atoms with van der Waals surface area (Å²) in [7, 11) is 0. The normalized spacial score (nSPS) is 15.4. The summed E-state index contributed by atoms with van der Waals surface area (Å²) in [6.07, 6.45) is 7.63. The Labute approximate surface area is 161 Å². The molecule has 1 aliphatic rings. The lowest BCUT2D eigenvalue weighted by atomic mass is 10.1. The van der Waals surface area contributed by atoms with Gasteiger partial charge >= 0.3 is 0 Å². The molecule has 134 valence electrons. The van der Waals surface area contributed by atoms with Crippen LogP contribution in [-0.2, 0) is 6.54 Å². The molecule has 0 unspecified atom stereocenters. The second-order valence-corrected chi connectivity index (χ2v) is 8.04. The summed E-state index contributed by atoms with van der Waals surface area (Å²) in [5, 5.41) is 13.4. The molecule has 0 spiro atoms. The van der Waals surface area contributed by atoms with Gasteiger partial charge in [-0.25, -0.2) is 9.97 Å². The van der Waals surface area contributed by atoms with Crippen molar-refractivity contribution < 1.29 is 0 Å². The van der Waals surface area contributed by atoms with Crippen molar-refractivity contribution in [2.24, 2.45) is 0 Å². The zero-order valence-electron chi connectivity index (χ0n) is 14.9. The summed E-state index contributed by atoms with van der Waals surface area (Å²) in [6.45, 7) is 3.46. The van der Waals surface area contributed by atoms with Crippen molar-refractivity contribution in [3.05, 3.63) is 47.2 Å². The fraction of sp³-hybridized carbons (Fsp3) is 0.286. The van der Waals surface area contributed by atoms with Crippen molar-refractivity contribution >= 4 is 33.3 Å². The van der Waals surface area contributed by atoms with Crippen molar-refractivity contribution in [3.8, 4) is 16.5 Å². The van der Waals surface area contributed by atoms with Crippen molar-refractivity contribution in [3.63, 3.8) is 0 Å². The van der Waals surface area contributed by atoms with Gasteiger partial charge in [-0.3, -0.25) is 4.90 Å². The van der Waals surface area contributed by atoms with Crippen LogP contribution in [0.15, 0.2) is 36.0 Å². The van der Waals surface area contributed by atoms with Gasteiger partial charge in [0.2, 0.25) is 0 Å². The van der Waals surface area contributed by atoms with E-state index in [-0.39, 0.29) is 0 Å². The first-order chi connectivity index (χ1) is 13.3. The van der Waals surface area contributed by atoms with Crippen molar-refractivity contribution in [2.45, 2.75) is 25.8 Å². The Kier molecular flexibility index (Phi) is 4.12. The van der Waals surface area contributed by atoms with Gasteiger partial charge in [-0.05, 0) is 55.1 Å². The summed E-state index contributed by atoms with van der Waals surface area (Å²) in [5.41, 5.74) is 4.66. The maximum absolute atomic E-state index is 9.14. The molecule has 0 saturated carbocycles. The molecule has 0 aliphatic carbocycles. The molecular formula is C21H19N5S. The first kappa shape index (κ1) is 16.4. The SMILES string of the molecule is N#Cc1cc2c(cn1)[nH]c1ncc(-c3cc(CN4CCCCC4)cs3)cc12. The first-order valence-electron chi connectivity index (χ1n) is 9.28. The lowest BCUT2D eigenvalue weighted by Gasteiger charge is -2.25. The maximum Gasteiger partial charge on any atom is 0.141 e. The van der Waals surface area contributed by atoms with E-state index in [1.165, 1.54) is 42.8 Å². The lowest BCUT2D eigenvalue weighted by Crippen LogP contribution is -2.28. The molecular weight excluding hydrogens is 354 g/mol. The van der Waals surface area contributed by atoms with Gasteiger partial charge in [-0.2, -0.15) is 5.26 Å². The highest BCUT2D eigenvalue weighted by Crippen LogP contribution is 2.32. The third-order valence-electron chi connectivity index (χ3n) is 5.24. The Morgan fingerprint density at radius 1 is 1.07 bits per heavy atom. The standard InChI is InChI=1S/C21H19N5S/c22-9-16-8-17-18-7-15(10-24-21(18)25-19(17)11-23-16)20-6-14(13-27-20)12-26-4-2-1-3-5-26/h6-8,10-11,13H,1-5,12H2,(H,24,25). The fourth-order valence-corrected chi connectivity index (χ4v) is 4.74. The number of fused-ring (bicyclic) bond motifs is 3. The summed E-state index contributed by atoms with van der Waals surface area (Å²) < 4.78 is 0. The van der Waals surface area contributed by atoms with E-state index in [4.69, 9.17) is 5.26 Å². The number of nitriles is 1. The summed E-state index contributed by atoms with van der Waals surface area (Å²) in [5.74, 6) is 0. The summed E-state index contributed by atoms with van der Waals surface area (Å²) in [6, 6.07) is 8.40. The molecule has 1 N–H and O–H groups in total. The van der Waals surface area contributed by atoms with Crippen LogP contribution in [0, 0.1) is 11.3 Å². The van der Waals surface area contributed by atoms with Crippen LogP contribution in [0.2, 0.25) is 0 Å². The Bertz CT molecular complexity index is 1160. The van der Waals surface area contributed by atoms with Crippen LogP contribution in [0.4, 0.5) is 0 Å². The minimum Gasteiger partial charge on any atom is -0.338 e. The minimum absolute atomic E-state index is 0.425. The Morgan fingerprint density at radius 3 is 2.81 bits per heavy atom. The highest BCUT2D eigenvalue weighted by molar-refractivity contribution is 7.13. The molecule has 0 aromatic carbocycles. The quantitative estimate of drug-likeness (QED) is 0.565. The molecule has 27 heavy (non-hydrogen) atoms. The van der Waals surface area contributed by atoms with Gasteiger partial charge in [0.05, 0.1) is 11.7 Å². The number of H-pyrrole nitrogens is 1. The van der Waals surface area contributed by atoms with Crippen molar-refractivity contribution in [2.75, 3.05) is 13.1 Å². The van der Waals surface area contributed by atoms with E-state index in [0.29, 0.717) is 5.69 Å². The zero-order valence-corrected chi connectivity index (χ0v) is 15.7. The fourth-order valence-electron chi connectivity index (χ4n) is 3.86. The van der Waals surface area contributed by atoms with Crippen LogP contribution in [0.3, 0.4) is 0 Å². The Hall–Kier alpha value is -2.75. The predicted molar refractivity (Wildman–Crippen MR) is 109 cm³/mol. The number of rotatable bonds is 3. The molecule has 5 rings (SSSR count). The van der Waals surface area contributed by atoms with E-state index < -0.39 is 0 Å². The number of aromatic amines is 1. The molecule has 0 bridgehead atoms. The van der Waals surface area contributed by atoms with Gasteiger partial charge in [0, 0.05) is 34.0 Å². The number of likely N-dealkylation sites (tertiary alicyclic amines) is 1. The Balaban J connectivity index is 1.49. The van der Waals surface area contributed by atoms with E-state index in [1.807, 2.05) is 12.3 Å². The molecule has 5 nitrogen and oxygen atoms in total. The molecule has 4 aromatic heterocycles. The molecule has 4 aromatic rings. The van der Waals surface area contributed by atoms with Crippen LogP contribution < -0.4 is 0 Å². The van der Waals surface area contributed by atoms with Crippen LogP contribution in [0.5, 0.6) is 0 Å². The summed E-state index contributed by atoms with van der Waals surface area (Å²) >= 11 is 1.77. The van der Waals surface area contributed by atoms with Gasteiger partial charge in [0.1, 0.15) is 17.4 Å². The molecule has 1 aliphatic heterocycles. The average molecular weight is 373 g/mol. The zero-order chi connectivity index (χ0) is 18.2. The van der Waals surface area contributed by atoms with Crippen LogP contribution >= 0.6 is 11.3 Å². The molecule has 1 fully saturated rings. The largest absolute Gasteiger partial charge is 0.338 e. The van der Waals surface area contributed by atoms with E-state index in [9.17, 15) is 0 Å². The highest BCUT2D eigenvalue weighted by atomic mass is 32.1. The van der Waals surface area contributed by atoms with Crippen LogP contribution in [0.1, 0.15) is 30.5 Å². The second kappa shape index (κ2) is 6.76. The molecule has 0 amide bonds. The van der Waals surface area contributed by atoms with Gasteiger partial charge in [-0.1, -0.05) is 6.42 Å². The van der Waals surface area contributed by atoms with E-state index in [1.54, 1.807) is 17.5 Å². The first-order valence-corrected chi connectivity index (χ1v) is 10.2. The molecule has 0 radical (unpaired) electrons. The molecule has 0 atom stereocenters. The summed E-state index contributed by atoms with van der Waals surface area (Å²) in [4.78, 5) is 15.8. The predicted octanol–water partition coefficient (Wildman–Crippen LogP) is 4.70. The second-order valence-electron chi connectivity index (χ2n) is 7.13. The number of hydrogen-bond donors (Lipinski definition) is 1. The van der Waals surface area contributed by atoms with Gasteiger partial charge in [0.25, 0.3) is 0 Å². The highest BCUT2D eigenvalue weighted by Gasteiger charge is 2.13. The third kappa shape index (κ3) is 3.09. The number of nitrogens with zero attached hydrogens (tertiary/aromatic N) is 4. The minimum atomic E-state index is 0.425. The van der Waals surface area contributed by atoms with Crippen molar-refractivity contribution in [1.29, 1.82) is 5.26 Å². The monoisotopic (exact) mass is 373 g/mol. The van der Waals surface area contributed by atoms with E-state index in [0.717, 1.165) is 34.0 Å². The van der Waals surface area contributed by atoms with E-state index in [2.05, 4.69) is 43.4 Å². The number of hydrogen-bond acceptors (Lipinski definition) is 5. The molecule has 6 heteroatoms. The van der Waals surface area contributed by atoms with Gasteiger partial charge in [-0.15, -0.1) is 11.3 Å². The number of thiophene rings is 1. The number of piperidine rings is 1.